The van der Waals surface area contributed by atoms with Crippen LogP contribution in [0.3, 0.4) is 0 Å². The number of rotatable bonds is 9. The number of hydrogen-bond donors (Lipinski definition) is 2. The summed E-state index contributed by atoms with van der Waals surface area (Å²) in [7, 11) is -3.64. The molecule has 1 heterocycles. The average Bonchev–Trinajstić information content (AvgIpc) is 2.44. The topological polar surface area (TPSA) is 80.3 Å². The van der Waals surface area contributed by atoms with Crippen molar-refractivity contribution in [2.75, 3.05) is 25.1 Å². The first-order chi connectivity index (χ1) is 9.92. The molecule has 2 N–H and O–H groups in total. The van der Waals surface area contributed by atoms with Crippen molar-refractivity contribution in [3.05, 3.63) is 18.3 Å². The third kappa shape index (κ3) is 5.26. The molecule has 1 aromatic heterocycles. The van der Waals surface area contributed by atoms with Gasteiger partial charge in [-0.05, 0) is 31.9 Å². The fourth-order valence-electron chi connectivity index (χ4n) is 1.78. The van der Waals surface area contributed by atoms with Gasteiger partial charge >= 0.3 is 0 Å². The fourth-order valence-corrected chi connectivity index (χ4v) is 3.28. The van der Waals surface area contributed by atoms with Crippen LogP contribution in [0.4, 0.5) is 5.82 Å². The molecule has 7 heteroatoms. The fraction of sp³-hybridized carbons (Fsp3) is 0.643. The minimum Gasteiger partial charge on any atom is -0.380 e. The summed E-state index contributed by atoms with van der Waals surface area (Å²) in [4.78, 5) is 4.25. The first-order valence-electron chi connectivity index (χ1n) is 7.21. The Morgan fingerprint density at radius 1 is 1.33 bits per heavy atom. The quantitative estimate of drug-likeness (QED) is 0.727. The molecule has 1 aromatic rings. The Hall–Kier alpha value is -1.18. The summed E-state index contributed by atoms with van der Waals surface area (Å²) in [5, 5.41) is 2.97. The summed E-state index contributed by atoms with van der Waals surface area (Å²) in [5.41, 5.74) is 0. The van der Waals surface area contributed by atoms with Gasteiger partial charge in [0.25, 0.3) is 0 Å². The van der Waals surface area contributed by atoms with Crippen molar-refractivity contribution in [1.29, 1.82) is 0 Å². The summed E-state index contributed by atoms with van der Waals surface area (Å²) < 4.78 is 33.2. The smallest absolute Gasteiger partial charge is 0.244 e. The summed E-state index contributed by atoms with van der Waals surface area (Å²) >= 11 is 0. The van der Waals surface area contributed by atoms with Gasteiger partial charge in [0, 0.05) is 25.4 Å². The molecule has 0 saturated carbocycles. The highest BCUT2D eigenvalue weighted by Crippen LogP contribution is 2.19. The highest BCUT2D eigenvalue weighted by molar-refractivity contribution is 7.89. The van der Waals surface area contributed by atoms with E-state index in [0.29, 0.717) is 25.6 Å². The number of ether oxygens (including phenoxy) is 1. The lowest BCUT2D eigenvalue weighted by Crippen LogP contribution is -2.42. The van der Waals surface area contributed by atoms with Crippen LogP contribution in [0.25, 0.3) is 0 Å². The number of sulfonamides is 1. The second-order valence-electron chi connectivity index (χ2n) is 5.01. The second kappa shape index (κ2) is 8.31. The summed E-state index contributed by atoms with van der Waals surface area (Å²) in [6.45, 7) is 9.21. The molecule has 0 aliphatic heterocycles. The lowest BCUT2D eigenvalue weighted by atomic mass is 10.1. The van der Waals surface area contributed by atoms with E-state index in [4.69, 9.17) is 4.74 Å². The van der Waals surface area contributed by atoms with E-state index in [1.807, 2.05) is 27.7 Å². The van der Waals surface area contributed by atoms with Gasteiger partial charge in [-0.25, -0.2) is 18.1 Å². The Bertz CT molecular complexity index is 532. The number of aromatic nitrogens is 1. The highest BCUT2D eigenvalue weighted by atomic mass is 32.2. The molecule has 120 valence electrons. The van der Waals surface area contributed by atoms with Gasteiger partial charge in [0.2, 0.25) is 10.0 Å². The zero-order valence-corrected chi connectivity index (χ0v) is 13.9. The van der Waals surface area contributed by atoms with Crippen LogP contribution < -0.4 is 10.0 Å². The van der Waals surface area contributed by atoms with Crippen LogP contribution in [-0.2, 0) is 14.8 Å². The average molecular weight is 315 g/mol. The van der Waals surface area contributed by atoms with Gasteiger partial charge in [0.15, 0.2) is 0 Å². The molecule has 0 radical (unpaired) electrons. The molecule has 0 fully saturated rings. The SMILES string of the molecule is CCNc1ncccc1S(=O)(=O)NC(COCC)C(C)C. The predicted molar refractivity (Wildman–Crippen MR) is 83.8 cm³/mol. The predicted octanol–water partition coefficient (Wildman–Crippen LogP) is 1.85. The first kappa shape index (κ1) is 17.9. The Morgan fingerprint density at radius 2 is 2.05 bits per heavy atom. The van der Waals surface area contributed by atoms with Gasteiger partial charge in [0.05, 0.1) is 6.61 Å². The third-order valence-corrected chi connectivity index (χ3v) is 4.54. The van der Waals surface area contributed by atoms with Crippen LogP contribution in [0.5, 0.6) is 0 Å². The molecule has 0 aromatic carbocycles. The van der Waals surface area contributed by atoms with E-state index in [1.165, 1.54) is 0 Å². The molecule has 21 heavy (non-hydrogen) atoms. The van der Waals surface area contributed by atoms with Crippen molar-refractivity contribution in [2.45, 2.75) is 38.6 Å². The van der Waals surface area contributed by atoms with Gasteiger partial charge in [-0.1, -0.05) is 13.8 Å². The molecule has 1 atom stereocenters. The summed E-state index contributed by atoms with van der Waals surface area (Å²) in [6, 6.07) is 2.89. The Labute approximate surface area is 127 Å². The summed E-state index contributed by atoms with van der Waals surface area (Å²) in [5.74, 6) is 0.497. The first-order valence-corrected chi connectivity index (χ1v) is 8.69. The van der Waals surface area contributed by atoms with E-state index in [9.17, 15) is 8.42 Å². The lowest BCUT2D eigenvalue weighted by Gasteiger charge is -2.22. The number of nitrogens with one attached hydrogen (secondary N) is 2. The van der Waals surface area contributed by atoms with E-state index in [1.54, 1.807) is 18.3 Å². The van der Waals surface area contributed by atoms with E-state index in [0.717, 1.165) is 0 Å². The lowest BCUT2D eigenvalue weighted by molar-refractivity contribution is 0.116. The zero-order chi connectivity index (χ0) is 15.9. The van der Waals surface area contributed by atoms with Crippen LogP contribution in [0, 0.1) is 5.92 Å². The molecule has 0 spiro atoms. The van der Waals surface area contributed by atoms with Crippen molar-refractivity contribution < 1.29 is 13.2 Å². The minimum atomic E-state index is -3.64. The van der Waals surface area contributed by atoms with Crippen molar-refractivity contribution in [3.63, 3.8) is 0 Å². The second-order valence-corrected chi connectivity index (χ2v) is 6.69. The maximum atomic E-state index is 12.6. The molecule has 0 aliphatic rings. The molecule has 0 saturated heterocycles. The minimum absolute atomic E-state index is 0.130. The molecular weight excluding hydrogens is 290 g/mol. The maximum absolute atomic E-state index is 12.6. The number of hydrogen-bond acceptors (Lipinski definition) is 5. The molecule has 0 amide bonds. The normalized spacial score (nSPS) is 13.4. The van der Waals surface area contributed by atoms with Crippen LogP contribution in [0.2, 0.25) is 0 Å². The molecular formula is C14H25N3O3S. The molecule has 0 aliphatic carbocycles. The zero-order valence-electron chi connectivity index (χ0n) is 13.1. The van der Waals surface area contributed by atoms with Crippen molar-refractivity contribution >= 4 is 15.8 Å². The van der Waals surface area contributed by atoms with Crippen molar-refractivity contribution in [1.82, 2.24) is 9.71 Å². The molecule has 0 bridgehead atoms. The van der Waals surface area contributed by atoms with Gasteiger partial charge in [-0.2, -0.15) is 0 Å². The monoisotopic (exact) mass is 315 g/mol. The number of nitrogens with zero attached hydrogens (tertiary/aromatic N) is 1. The highest BCUT2D eigenvalue weighted by Gasteiger charge is 2.25. The van der Waals surface area contributed by atoms with E-state index < -0.39 is 10.0 Å². The van der Waals surface area contributed by atoms with Gasteiger partial charge in [-0.15, -0.1) is 0 Å². The van der Waals surface area contributed by atoms with Crippen LogP contribution in [-0.4, -0.2) is 39.2 Å². The molecule has 1 rings (SSSR count). The van der Waals surface area contributed by atoms with Crippen LogP contribution in [0.15, 0.2) is 23.2 Å². The maximum Gasteiger partial charge on any atom is 0.244 e. The Balaban J connectivity index is 2.99. The van der Waals surface area contributed by atoms with Crippen molar-refractivity contribution in [2.24, 2.45) is 5.92 Å². The van der Waals surface area contributed by atoms with Crippen LogP contribution >= 0.6 is 0 Å². The van der Waals surface area contributed by atoms with Crippen molar-refractivity contribution in [3.8, 4) is 0 Å². The van der Waals surface area contributed by atoms with E-state index >= 15 is 0 Å². The van der Waals surface area contributed by atoms with Gasteiger partial charge < -0.3 is 10.1 Å². The Morgan fingerprint density at radius 3 is 2.62 bits per heavy atom. The summed E-state index contributed by atoms with van der Waals surface area (Å²) in [6.07, 6.45) is 1.57. The standard InChI is InChI=1S/C14H25N3O3S/c1-5-15-14-13(8-7-9-16-14)21(18,19)17-12(11(3)4)10-20-6-2/h7-9,11-12,17H,5-6,10H2,1-4H3,(H,15,16). The van der Waals surface area contributed by atoms with Crippen LogP contribution in [0.1, 0.15) is 27.7 Å². The molecule has 6 nitrogen and oxygen atoms in total. The van der Waals surface area contributed by atoms with Gasteiger partial charge in [-0.3, -0.25) is 0 Å². The van der Waals surface area contributed by atoms with E-state index in [2.05, 4.69) is 15.0 Å². The Kier molecular flexibility index (Phi) is 7.07. The molecule has 1 unspecified atom stereocenters. The largest absolute Gasteiger partial charge is 0.380 e. The number of pyridine rings is 1. The van der Waals surface area contributed by atoms with E-state index in [-0.39, 0.29) is 16.9 Å². The number of anilines is 1. The third-order valence-electron chi connectivity index (χ3n) is 3.02. The van der Waals surface area contributed by atoms with Gasteiger partial charge in [0.1, 0.15) is 10.7 Å².